The SMILES string of the molecule is CC1(C)CC(OC2(C(=O)O)CCCCC2C(=O)O)CC(C)(C)N1.CC1(C)CC(OC2(C(=O)O)CCCCC2C(=O)O)CC(C)(C)N1.[Cu]. The molecule has 4 unspecified atom stereocenters. The van der Waals surface area contributed by atoms with Crippen LogP contribution in [0.25, 0.3) is 0 Å². The van der Waals surface area contributed by atoms with Gasteiger partial charge in [-0.25, -0.2) is 9.59 Å². The molecule has 0 aromatic rings. The first-order chi connectivity index (χ1) is 20.9. The monoisotopic (exact) mass is 717 g/mol. The number of hydrogen-bond acceptors (Lipinski definition) is 8. The molecule has 1 radical (unpaired) electrons. The van der Waals surface area contributed by atoms with Gasteiger partial charge in [-0.3, -0.25) is 9.59 Å². The second-order valence-corrected chi connectivity index (χ2v) is 16.7. The maximum Gasteiger partial charge on any atom is 0.336 e. The number of rotatable bonds is 8. The summed E-state index contributed by atoms with van der Waals surface area (Å²) >= 11 is 0. The van der Waals surface area contributed by atoms with Crippen molar-refractivity contribution in [3.05, 3.63) is 0 Å². The summed E-state index contributed by atoms with van der Waals surface area (Å²) in [5.41, 5.74) is -3.92. The molecule has 12 nitrogen and oxygen atoms in total. The first-order valence-electron chi connectivity index (χ1n) is 16.8. The van der Waals surface area contributed by atoms with Crippen LogP contribution in [0, 0.1) is 11.8 Å². The Balaban J connectivity index is 0.000000320. The summed E-state index contributed by atoms with van der Waals surface area (Å²) in [5.74, 6) is -6.37. The summed E-state index contributed by atoms with van der Waals surface area (Å²) in [6.45, 7) is 16.5. The van der Waals surface area contributed by atoms with Gasteiger partial charge in [0.25, 0.3) is 0 Å². The van der Waals surface area contributed by atoms with Crippen LogP contribution >= 0.6 is 0 Å². The van der Waals surface area contributed by atoms with Gasteiger partial charge < -0.3 is 40.5 Å². The standard InChI is InChI=1S/2C17H29NO5.Cu/c2*1-15(2)9-11(10-16(3,4)18-15)23-17(14(21)22)8-6-5-7-12(17)13(19)20;/h2*11-12,18H,5-10H2,1-4H3,(H,19,20)(H,21,22);. The maximum atomic E-state index is 12.0. The molecule has 2 aliphatic heterocycles. The zero-order valence-electron chi connectivity index (χ0n) is 29.3. The van der Waals surface area contributed by atoms with Crippen molar-refractivity contribution in [1.29, 1.82) is 0 Å². The van der Waals surface area contributed by atoms with Crippen LogP contribution in [0.15, 0.2) is 0 Å². The van der Waals surface area contributed by atoms with Gasteiger partial charge in [0.2, 0.25) is 0 Å². The first-order valence-corrected chi connectivity index (χ1v) is 16.8. The number of piperidine rings is 2. The second kappa shape index (κ2) is 15.0. The van der Waals surface area contributed by atoms with Gasteiger partial charge in [0, 0.05) is 39.2 Å². The molecule has 0 spiro atoms. The second-order valence-electron chi connectivity index (χ2n) is 16.7. The minimum atomic E-state index is -1.60. The van der Waals surface area contributed by atoms with E-state index in [1.807, 2.05) is 0 Å². The summed E-state index contributed by atoms with van der Waals surface area (Å²) < 4.78 is 12.2. The third-order valence-electron chi connectivity index (χ3n) is 10.1. The zero-order chi connectivity index (χ0) is 34.9. The Morgan fingerprint density at radius 1 is 0.532 bits per heavy atom. The van der Waals surface area contributed by atoms with Crippen molar-refractivity contribution < 1.29 is 66.1 Å². The Bertz CT molecular complexity index is 1040. The molecule has 0 amide bonds. The van der Waals surface area contributed by atoms with Gasteiger partial charge in [-0.15, -0.1) is 0 Å². The molecule has 4 atom stereocenters. The summed E-state index contributed by atoms with van der Waals surface area (Å²) in [6.07, 6.45) is 6.23. The predicted octanol–water partition coefficient (Wildman–Crippen LogP) is 4.82. The molecule has 4 rings (SSSR count). The van der Waals surface area contributed by atoms with Crippen LogP contribution in [0.2, 0.25) is 0 Å². The van der Waals surface area contributed by atoms with Crippen molar-refractivity contribution in [2.24, 2.45) is 11.8 Å². The fourth-order valence-corrected chi connectivity index (χ4v) is 9.05. The average molecular weight is 718 g/mol. The molecule has 0 aromatic carbocycles. The number of hydrogen-bond donors (Lipinski definition) is 6. The normalized spacial score (nSPS) is 33.3. The molecule has 2 heterocycles. The Morgan fingerprint density at radius 2 is 0.809 bits per heavy atom. The van der Waals surface area contributed by atoms with Gasteiger partial charge in [0.1, 0.15) is 0 Å². The van der Waals surface area contributed by atoms with Crippen LogP contribution in [0.5, 0.6) is 0 Å². The Morgan fingerprint density at radius 3 is 1.04 bits per heavy atom. The molecule has 47 heavy (non-hydrogen) atoms. The number of carboxylic acid groups (broad SMARTS) is 4. The minimum Gasteiger partial charge on any atom is -0.481 e. The minimum absolute atomic E-state index is 0. The molecule has 6 N–H and O–H groups in total. The molecule has 0 bridgehead atoms. The van der Waals surface area contributed by atoms with Crippen LogP contribution in [0.1, 0.15) is 132 Å². The summed E-state index contributed by atoms with van der Waals surface area (Å²) in [6, 6.07) is 0. The van der Waals surface area contributed by atoms with Gasteiger partial charge in [0.05, 0.1) is 24.0 Å². The van der Waals surface area contributed by atoms with Crippen LogP contribution in [0.4, 0.5) is 0 Å². The number of carbonyl (C=O) groups is 4. The summed E-state index contributed by atoms with van der Waals surface area (Å²) in [7, 11) is 0. The van der Waals surface area contributed by atoms with Gasteiger partial charge in [-0.05, 0) is 120 Å². The first kappa shape index (κ1) is 41.4. The Labute approximate surface area is 290 Å². The molecule has 4 aliphatic rings. The topological polar surface area (TPSA) is 192 Å². The summed E-state index contributed by atoms with van der Waals surface area (Å²) in [4.78, 5) is 47.2. The van der Waals surface area contributed by atoms with Crippen molar-refractivity contribution in [2.45, 2.75) is 178 Å². The van der Waals surface area contributed by atoms with Gasteiger partial charge >= 0.3 is 23.9 Å². The predicted molar refractivity (Wildman–Crippen MR) is 171 cm³/mol. The molecular weight excluding hydrogens is 660 g/mol. The molecule has 275 valence electrons. The number of nitrogens with one attached hydrogen (secondary N) is 2. The van der Waals surface area contributed by atoms with Crippen LogP contribution in [0.3, 0.4) is 0 Å². The quantitative estimate of drug-likeness (QED) is 0.188. The van der Waals surface area contributed by atoms with E-state index in [-0.39, 0.29) is 64.3 Å². The molecule has 0 aromatic heterocycles. The molecule has 4 fully saturated rings. The summed E-state index contributed by atoms with van der Waals surface area (Å²) in [5, 5.41) is 45.7. The van der Waals surface area contributed by atoms with E-state index in [9.17, 15) is 39.6 Å². The average Bonchev–Trinajstić information content (AvgIpc) is 2.85. The molecule has 13 heteroatoms. The van der Waals surface area contributed by atoms with E-state index in [0.717, 1.165) is 12.8 Å². The number of carboxylic acids is 4. The van der Waals surface area contributed by atoms with E-state index in [1.165, 1.54) is 0 Å². The molecule has 2 saturated carbocycles. The maximum absolute atomic E-state index is 12.0. The van der Waals surface area contributed by atoms with Crippen LogP contribution < -0.4 is 10.6 Å². The number of aliphatic carboxylic acids is 4. The fraction of sp³-hybridized carbons (Fsp3) is 0.882. The zero-order valence-corrected chi connectivity index (χ0v) is 30.3. The third kappa shape index (κ3) is 10.1. The molecule has 2 saturated heterocycles. The Hall–Kier alpha value is -1.76. The van der Waals surface area contributed by atoms with E-state index in [1.54, 1.807) is 0 Å². The van der Waals surface area contributed by atoms with Crippen molar-refractivity contribution >= 4 is 23.9 Å². The Kier molecular flexibility index (Phi) is 13.2. The van der Waals surface area contributed by atoms with E-state index < -0.39 is 46.9 Å². The van der Waals surface area contributed by atoms with E-state index >= 15 is 0 Å². The van der Waals surface area contributed by atoms with E-state index in [2.05, 4.69) is 66.0 Å². The van der Waals surface area contributed by atoms with Gasteiger partial charge in [-0.2, -0.15) is 0 Å². The van der Waals surface area contributed by atoms with E-state index in [0.29, 0.717) is 51.4 Å². The van der Waals surface area contributed by atoms with Gasteiger partial charge in [-0.1, -0.05) is 12.8 Å². The third-order valence-corrected chi connectivity index (χ3v) is 10.1. The molecular formula is C34H58CuN2O10. The van der Waals surface area contributed by atoms with Crippen LogP contribution in [-0.4, -0.2) is 89.9 Å². The van der Waals surface area contributed by atoms with Crippen LogP contribution in [-0.2, 0) is 45.7 Å². The smallest absolute Gasteiger partial charge is 0.336 e. The van der Waals surface area contributed by atoms with Crippen molar-refractivity contribution in [2.75, 3.05) is 0 Å². The molecule has 2 aliphatic carbocycles. The van der Waals surface area contributed by atoms with Crippen molar-refractivity contribution in [1.82, 2.24) is 10.6 Å². The van der Waals surface area contributed by atoms with Crippen molar-refractivity contribution in [3.63, 3.8) is 0 Å². The largest absolute Gasteiger partial charge is 0.481 e. The van der Waals surface area contributed by atoms with Gasteiger partial charge in [0.15, 0.2) is 11.2 Å². The van der Waals surface area contributed by atoms with E-state index in [4.69, 9.17) is 9.47 Å². The van der Waals surface area contributed by atoms with Crippen molar-refractivity contribution in [3.8, 4) is 0 Å². The number of ether oxygens (including phenoxy) is 2. The fourth-order valence-electron chi connectivity index (χ4n) is 9.05.